The minimum Gasteiger partial charge on any atom is -0.481 e. The molecular formula is C24H40O4. The summed E-state index contributed by atoms with van der Waals surface area (Å²) in [5.74, 6) is 1.66. The van der Waals surface area contributed by atoms with Gasteiger partial charge in [0.1, 0.15) is 0 Å². The Labute approximate surface area is 170 Å². The summed E-state index contributed by atoms with van der Waals surface area (Å²) in [7, 11) is 0. The van der Waals surface area contributed by atoms with Gasteiger partial charge in [0.05, 0.1) is 12.2 Å². The lowest BCUT2D eigenvalue weighted by molar-refractivity contribution is -0.201. The lowest BCUT2D eigenvalue weighted by Crippen LogP contribution is -2.61. The van der Waals surface area contributed by atoms with Crippen molar-refractivity contribution in [1.82, 2.24) is 0 Å². The molecule has 4 aliphatic rings. The molecule has 28 heavy (non-hydrogen) atoms. The van der Waals surface area contributed by atoms with Gasteiger partial charge >= 0.3 is 5.97 Å². The molecule has 0 spiro atoms. The molecule has 4 fully saturated rings. The van der Waals surface area contributed by atoms with E-state index in [4.69, 9.17) is 5.11 Å². The molecule has 4 heteroatoms. The van der Waals surface area contributed by atoms with E-state index in [-0.39, 0.29) is 29.5 Å². The monoisotopic (exact) mass is 392 g/mol. The summed E-state index contributed by atoms with van der Waals surface area (Å²) >= 11 is 0. The number of hydrogen-bond acceptors (Lipinski definition) is 3. The van der Waals surface area contributed by atoms with E-state index in [1.807, 2.05) is 0 Å². The minimum absolute atomic E-state index is 0.183. The Hall–Kier alpha value is -0.610. The molecule has 0 aliphatic heterocycles. The number of carboxylic acids is 1. The third-order valence-electron chi connectivity index (χ3n) is 10.3. The van der Waals surface area contributed by atoms with Crippen molar-refractivity contribution in [1.29, 1.82) is 0 Å². The van der Waals surface area contributed by atoms with E-state index in [0.717, 1.165) is 25.7 Å². The van der Waals surface area contributed by atoms with Gasteiger partial charge in [-0.05, 0) is 91.3 Å². The van der Waals surface area contributed by atoms with Gasteiger partial charge in [0.25, 0.3) is 0 Å². The van der Waals surface area contributed by atoms with E-state index in [9.17, 15) is 15.0 Å². The Kier molecular flexibility index (Phi) is 5.36. The normalized spacial score (nSPS) is 51.7. The highest BCUT2D eigenvalue weighted by Gasteiger charge is 2.65. The fraction of sp³-hybridized carbons (Fsp3) is 0.958. The summed E-state index contributed by atoms with van der Waals surface area (Å²) in [6.07, 6.45) is 9.32. The molecule has 4 aliphatic carbocycles. The number of rotatable bonds is 4. The molecule has 0 radical (unpaired) electrons. The maximum absolute atomic E-state index is 11.5. The van der Waals surface area contributed by atoms with Crippen LogP contribution in [0, 0.1) is 46.3 Å². The van der Waals surface area contributed by atoms with Gasteiger partial charge in [-0.2, -0.15) is 0 Å². The molecule has 0 aromatic rings. The smallest absolute Gasteiger partial charge is 0.303 e. The standard InChI is InChI=1S/C24H40O4/c1-14(7-10-21(27)28)16-8-9-17-22-18(13-20(26)24(16,17)3)23(2)11-5-4-6-15(23)12-19(22)25/h14-20,22,25-26H,4-13H2,1-3H3,(H,27,28)/t14-,15?,16?,17?,18?,19-,20+,22?,23+,24?/m1/s1. The van der Waals surface area contributed by atoms with E-state index >= 15 is 0 Å². The van der Waals surface area contributed by atoms with E-state index in [0.29, 0.717) is 41.9 Å². The molecule has 0 heterocycles. The average molecular weight is 393 g/mol. The van der Waals surface area contributed by atoms with Crippen molar-refractivity contribution >= 4 is 5.97 Å². The first-order valence-corrected chi connectivity index (χ1v) is 11.8. The van der Waals surface area contributed by atoms with Gasteiger partial charge in [0, 0.05) is 6.42 Å². The number of carbonyl (C=O) groups is 1. The molecule has 6 unspecified atom stereocenters. The van der Waals surface area contributed by atoms with Crippen LogP contribution in [0.3, 0.4) is 0 Å². The van der Waals surface area contributed by atoms with Crippen molar-refractivity contribution in [2.45, 2.75) is 97.2 Å². The van der Waals surface area contributed by atoms with Crippen LogP contribution in [0.25, 0.3) is 0 Å². The first-order chi connectivity index (χ1) is 13.2. The largest absolute Gasteiger partial charge is 0.481 e. The predicted molar refractivity (Wildman–Crippen MR) is 109 cm³/mol. The maximum atomic E-state index is 11.5. The van der Waals surface area contributed by atoms with Crippen LogP contribution in [0.5, 0.6) is 0 Å². The van der Waals surface area contributed by atoms with Gasteiger partial charge in [-0.3, -0.25) is 4.79 Å². The second-order valence-corrected chi connectivity index (χ2v) is 11.3. The molecule has 4 nitrogen and oxygen atoms in total. The summed E-state index contributed by atoms with van der Waals surface area (Å²) in [6, 6.07) is 0. The zero-order valence-electron chi connectivity index (χ0n) is 17.9. The second-order valence-electron chi connectivity index (χ2n) is 11.3. The van der Waals surface area contributed by atoms with Crippen molar-refractivity contribution in [2.75, 3.05) is 0 Å². The van der Waals surface area contributed by atoms with Gasteiger partial charge in [0.15, 0.2) is 0 Å². The fourth-order valence-corrected chi connectivity index (χ4v) is 8.74. The van der Waals surface area contributed by atoms with Gasteiger partial charge in [-0.25, -0.2) is 0 Å². The molecule has 0 aromatic heterocycles. The van der Waals surface area contributed by atoms with E-state index < -0.39 is 5.97 Å². The Morgan fingerprint density at radius 2 is 1.82 bits per heavy atom. The molecule has 160 valence electrons. The Bertz CT molecular complexity index is 605. The minimum atomic E-state index is -0.727. The summed E-state index contributed by atoms with van der Waals surface area (Å²) in [4.78, 5) is 11.1. The van der Waals surface area contributed by atoms with E-state index in [2.05, 4.69) is 20.8 Å². The van der Waals surface area contributed by atoms with Crippen molar-refractivity contribution in [2.24, 2.45) is 46.3 Å². The number of fused-ring (bicyclic) bond motifs is 5. The van der Waals surface area contributed by atoms with Crippen LogP contribution in [0.4, 0.5) is 0 Å². The Morgan fingerprint density at radius 1 is 1.07 bits per heavy atom. The number of aliphatic carboxylic acids is 1. The first kappa shape index (κ1) is 20.7. The van der Waals surface area contributed by atoms with Crippen LogP contribution in [0.1, 0.15) is 85.0 Å². The molecule has 0 bridgehead atoms. The van der Waals surface area contributed by atoms with Crippen LogP contribution in [0.15, 0.2) is 0 Å². The highest BCUT2D eigenvalue weighted by atomic mass is 16.4. The fourth-order valence-electron chi connectivity index (χ4n) is 8.74. The third kappa shape index (κ3) is 2.96. The molecule has 0 aromatic carbocycles. The molecule has 0 amide bonds. The van der Waals surface area contributed by atoms with Gasteiger partial charge in [0.2, 0.25) is 0 Å². The van der Waals surface area contributed by atoms with Crippen LogP contribution in [-0.4, -0.2) is 33.5 Å². The van der Waals surface area contributed by atoms with Gasteiger partial charge < -0.3 is 15.3 Å². The van der Waals surface area contributed by atoms with Crippen molar-refractivity contribution in [3.8, 4) is 0 Å². The van der Waals surface area contributed by atoms with E-state index in [1.54, 1.807) is 0 Å². The third-order valence-corrected chi connectivity index (χ3v) is 10.3. The van der Waals surface area contributed by atoms with Crippen molar-refractivity contribution in [3.63, 3.8) is 0 Å². The topological polar surface area (TPSA) is 77.8 Å². The van der Waals surface area contributed by atoms with E-state index in [1.165, 1.54) is 25.7 Å². The summed E-state index contributed by atoms with van der Waals surface area (Å²) in [5.41, 5.74) is 0.0927. The van der Waals surface area contributed by atoms with Crippen LogP contribution < -0.4 is 0 Å². The van der Waals surface area contributed by atoms with Crippen LogP contribution in [-0.2, 0) is 4.79 Å². The highest BCUT2D eigenvalue weighted by molar-refractivity contribution is 5.66. The number of aliphatic hydroxyl groups excluding tert-OH is 2. The second kappa shape index (κ2) is 7.27. The summed E-state index contributed by atoms with van der Waals surface area (Å²) < 4.78 is 0. The van der Waals surface area contributed by atoms with Gasteiger partial charge in [-0.1, -0.05) is 33.6 Å². The van der Waals surface area contributed by atoms with Crippen molar-refractivity contribution < 1.29 is 20.1 Å². The SMILES string of the molecule is C[C@H](CCC(=O)O)C1CCC2C3C(C[C@H](O)C21C)[C@@]1(C)CCCCC1C[C@H]3O. The van der Waals surface area contributed by atoms with Crippen LogP contribution >= 0.6 is 0 Å². The molecule has 4 rings (SSSR count). The number of aliphatic hydroxyl groups is 2. The summed E-state index contributed by atoms with van der Waals surface area (Å²) in [5, 5.41) is 31.8. The lowest BCUT2D eigenvalue weighted by Gasteiger charge is -2.63. The molecule has 10 atom stereocenters. The quantitative estimate of drug-likeness (QED) is 0.659. The lowest BCUT2D eigenvalue weighted by atomic mass is 9.43. The average Bonchev–Trinajstić information content (AvgIpc) is 3.00. The maximum Gasteiger partial charge on any atom is 0.303 e. The predicted octanol–water partition coefficient (Wildman–Crippen LogP) is 4.48. The molecule has 3 N–H and O–H groups in total. The zero-order chi connectivity index (χ0) is 20.3. The Balaban J connectivity index is 1.61. The number of carboxylic acid groups (broad SMARTS) is 1. The number of hydrogen-bond donors (Lipinski definition) is 3. The van der Waals surface area contributed by atoms with Crippen molar-refractivity contribution in [3.05, 3.63) is 0 Å². The first-order valence-electron chi connectivity index (χ1n) is 11.8. The molecule has 4 saturated carbocycles. The summed E-state index contributed by atoms with van der Waals surface area (Å²) in [6.45, 7) is 6.89. The molecular weight excluding hydrogens is 352 g/mol. The van der Waals surface area contributed by atoms with Crippen LogP contribution in [0.2, 0.25) is 0 Å². The van der Waals surface area contributed by atoms with Gasteiger partial charge in [-0.15, -0.1) is 0 Å². The Morgan fingerprint density at radius 3 is 2.54 bits per heavy atom. The zero-order valence-corrected chi connectivity index (χ0v) is 17.9. The molecule has 0 saturated heterocycles. The highest BCUT2D eigenvalue weighted by Crippen LogP contribution is 2.68.